The average Bonchev–Trinajstić information content (AvgIpc) is 2.97. The van der Waals surface area contributed by atoms with Crippen LogP contribution in [-0.4, -0.2) is 17.4 Å². The van der Waals surface area contributed by atoms with E-state index in [1.807, 2.05) is 12.1 Å². The third-order valence-electron chi connectivity index (χ3n) is 2.46. The molecule has 3 nitrogen and oxygen atoms in total. The van der Waals surface area contributed by atoms with Gasteiger partial charge < -0.3 is 9.32 Å². The molecule has 19 heavy (non-hydrogen) atoms. The third kappa shape index (κ3) is 3.49. The van der Waals surface area contributed by atoms with E-state index in [0.29, 0.717) is 27.7 Å². The molecule has 0 atom stereocenters. The molecule has 0 bridgehead atoms. The predicted molar refractivity (Wildman–Crippen MR) is 80.7 cm³/mol. The first-order chi connectivity index (χ1) is 9.11. The summed E-state index contributed by atoms with van der Waals surface area (Å²) in [4.78, 5) is 15.1. The monoisotopic (exact) mass is 359 g/mol. The molecule has 0 aromatic carbocycles. The Labute approximate surface area is 128 Å². The Morgan fingerprint density at radius 2 is 2.32 bits per heavy atom. The predicted octanol–water partition coefficient (Wildman–Crippen LogP) is 4.59. The summed E-state index contributed by atoms with van der Waals surface area (Å²) in [7, 11) is 0. The van der Waals surface area contributed by atoms with Gasteiger partial charge in [-0.1, -0.05) is 17.7 Å². The fraction of sp³-hybridized carbons (Fsp3) is 0.154. The topological polar surface area (TPSA) is 33.5 Å². The number of rotatable bonds is 5. The largest absolute Gasteiger partial charge is 0.457 e. The van der Waals surface area contributed by atoms with Crippen LogP contribution in [0.1, 0.15) is 15.2 Å². The molecule has 0 fully saturated rings. The lowest BCUT2D eigenvalue weighted by molar-refractivity contribution is 0.0762. The second-order valence-corrected chi connectivity index (χ2v) is 6.31. The van der Waals surface area contributed by atoms with Gasteiger partial charge in [-0.15, -0.1) is 17.9 Å². The first-order valence-corrected chi connectivity index (χ1v) is 7.48. The summed E-state index contributed by atoms with van der Waals surface area (Å²) in [5, 5.41) is 0. The smallest absolute Gasteiger partial charge is 0.258 e. The molecule has 0 aliphatic rings. The van der Waals surface area contributed by atoms with Gasteiger partial charge in [-0.25, -0.2) is 0 Å². The van der Waals surface area contributed by atoms with Crippen molar-refractivity contribution >= 4 is 44.8 Å². The summed E-state index contributed by atoms with van der Waals surface area (Å²) in [5.41, 5.74) is 0.504. The van der Waals surface area contributed by atoms with E-state index in [-0.39, 0.29) is 5.91 Å². The molecule has 2 aromatic heterocycles. The van der Waals surface area contributed by atoms with Crippen LogP contribution in [0.2, 0.25) is 4.34 Å². The van der Waals surface area contributed by atoms with Crippen molar-refractivity contribution < 1.29 is 9.21 Å². The second kappa shape index (κ2) is 6.41. The number of carbonyl (C=O) groups is 1. The molecular formula is C13H11BrClNO2S. The highest BCUT2D eigenvalue weighted by Gasteiger charge is 2.20. The Kier molecular flexibility index (Phi) is 4.85. The fourth-order valence-electron chi connectivity index (χ4n) is 1.62. The number of nitrogens with zero attached hydrogens (tertiary/aromatic N) is 1. The zero-order valence-electron chi connectivity index (χ0n) is 9.94. The molecule has 6 heteroatoms. The van der Waals surface area contributed by atoms with Crippen molar-refractivity contribution in [1.82, 2.24) is 4.90 Å². The molecule has 0 saturated carbocycles. The number of amides is 1. The Morgan fingerprint density at radius 1 is 1.53 bits per heavy atom. The molecule has 0 N–H and O–H groups in total. The average molecular weight is 361 g/mol. The highest BCUT2D eigenvalue weighted by atomic mass is 79.9. The van der Waals surface area contributed by atoms with Gasteiger partial charge in [-0.05, 0) is 34.1 Å². The summed E-state index contributed by atoms with van der Waals surface area (Å²) in [6.07, 6.45) is 3.17. The maximum Gasteiger partial charge on any atom is 0.258 e. The molecule has 0 saturated heterocycles. The lowest BCUT2D eigenvalue weighted by Gasteiger charge is -2.19. The minimum absolute atomic E-state index is 0.106. The van der Waals surface area contributed by atoms with Gasteiger partial charge in [0, 0.05) is 11.4 Å². The fourth-order valence-corrected chi connectivity index (χ4v) is 3.13. The number of hydrogen-bond acceptors (Lipinski definition) is 3. The summed E-state index contributed by atoms with van der Waals surface area (Å²) >= 11 is 10.6. The normalized spacial score (nSPS) is 10.4. The van der Waals surface area contributed by atoms with Crippen LogP contribution in [0.15, 0.2) is 46.2 Å². The quantitative estimate of drug-likeness (QED) is 0.731. The van der Waals surface area contributed by atoms with Crippen LogP contribution < -0.4 is 0 Å². The Hall–Kier alpha value is -1.04. The van der Waals surface area contributed by atoms with Crippen molar-refractivity contribution in [2.24, 2.45) is 0 Å². The van der Waals surface area contributed by atoms with Gasteiger partial charge in [-0.3, -0.25) is 4.79 Å². The minimum Gasteiger partial charge on any atom is -0.457 e. The van der Waals surface area contributed by atoms with Crippen molar-refractivity contribution in [3.8, 4) is 0 Å². The number of furan rings is 1. The first-order valence-electron chi connectivity index (χ1n) is 5.49. The van der Waals surface area contributed by atoms with Crippen molar-refractivity contribution in [3.05, 3.63) is 56.6 Å². The van der Waals surface area contributed by atoms with E-state index in [4.69, 9.17) is 16.0 Å². The van der Waals surface area contributed by atoms with Crippen LogP contribution in [0.3, 0.4) is 0 Å². The van der Waals surface area contributed by atoms with Crippen LogP contribution in [-0.2, 0) is 6.54 Å². The lowest BCUT2D eigenvalue weighted by Crippen LogP contribution is -2.30. The molecule has 100 valence electrons. The first kappa shape index (κ1) is 14.4. The van der Waals surface area contributed by atoms with E-state index < -0.39 is 0 Å². The molecule has 0 unspecified atom stereocenters. The van der Waals surface area contributed by atoms with Gasteiger partial charge in [0.05, 0.1) is 22.7 Å². The molecule has 2 rings (SSSR count). The Morgan fingerprint density at radius 3 is 2.84 bits per heavy atom. The molecule has 0 radical (unpaired) electrons. The van der Waals surface area contributed by atoms with Gasteiger partial charge in [-0.2, -0.15) is 0 Å². The van der Waals surface area contributed by atoms with Gasteiger partial charge in [0.15, 0.2) is 4.67 Å². The van der Waals surface area contributed by atoms with Crippen LogP contribution in [0.4, 0.5) is 0 Å². The Bertz CT molecular complexity index is 593. The van der Waals surface area contributed by atoms with Crippen LogP contribution in [0.25, 0.3) is 0 Å². The van der Waals surface area contributed by atoms with E-state index in [9.17, 15) is 4.79 Å². The van der Waals surface area contributed by atoms with E-state index >= 15 is 0 Å². The maximum atomic E-state index is 12.4. The molecular weight excluding hydrogens is 350 g/mol. The zero-order valence-corrected chi connectivity index (χ0v) is 13.1. The summed E-state index contributed by atoms with van der Waals surface area (Å²) < 4.78 is 6.25. The number of halogens is 2. The standard InChI is InChI=1S/C13H11BrClNO2S/c1-2-6-16(8-9-3-4-11(15)19-9)13(17)10-5-7-18-12(10)14/h2-5,7H,1,6,8H2. The van der Waals surface area contributed by atoms with Crippen molar-refractivity contribution in [2.75, 3.05) is 6.54 Å². The number of hydrogen-bond donors (Lipinski definition) is 0. The third-order valence-corrected chi connectivity index (χ3v) is 4.29. The highest BCUT2D eigenvalue weighted by molar-refractivity contribution is 9.10. The van der Waals surface area contributed by atoms with Gasteiger partial charge >= 0.3 is 0 Å². The van der Waals surface area contributed by atoms with Gasteiger partial charge in [0.2, 0.25) is 0 Å². The van der Waals surface area contributed by atoms with Gasteiger partial charge in [0.1, 0.15) is 0 Å². The maximum absolute atomic E-state index is 12.4. The molecule has 2 heterocycles. The van der Waals surface area contributed by atoms with Crippen molar-refractivity contribution in [1.29, 1.82) is 0 Å². The molecule has 0 spiro atoms. The zero-order chi connectivity index (χ0) is 13.8. The molecule has 1 amide bonds. The van der Waals surface area contributed by atoms with Crippen LogP contribution in [0, 0.1) is 0 Å². The minimum atomic E-state index is -0.106. The number of thiophene rings is 1. The second-order valence-electron chi connectivity index (χ2n) is 3.79. The SMILES string of the molecule is C=CCN(Cc1ccc(Cl)s1)C(=O)c1ccoc1Br. The highest BCUT2D eigenvalue weighted by Crippen LogP contribution is 2.25. The van der Waals surface area contributed by atoms with E-state index in [2.05, 4.69) is 22.5 Å². The van der Waals surface area contributed by atoms with Crippen LogP contribution in [0.5, 0.6) is 0 Å². The molecule has 0 aliphatic heterocycles. The summed E-state index contributed by atoms with van der Waals surface area (Å²) in [6.45, 7) is 4.65. The van der Waals surface area contributed by atoms with Gasteiger partial charge in [0.25, 0.3) is 5.91 Å². The summed E-state index contributed by atoms with van der Waals surface area (Å²) in [5.74, 6) is -0.106. The Balaban J connectivity index is 2.18. The van der Waals surface area contributed by atoms with E-state index in [1.54, 1.807) is 17.0 Å². The molecule has 2 aromatic rings. The van der Waals surface area contributed by atoms with E-state index in [0.717, 1.165) is 4.88 Å². The van der Waals surface area contributed by atoms with Crippen LogP contribution >= 0.6 is 38.9 Å². The summed E-state index contributed by atoms with van der Waals surface area (Å²) in [6, 6.07) is 5.39. The van der Waals surface area contributed by atoms with Crippen molar-refractivity contribution in [3.63, 3.8) is 0 Å². The van der Waals surface area contributed by atoms with E-state index in [1.165, 1.54) is 17.6 Å². The lowest BCUT2D eigenvalue weighted by atomic mass is 10.2. The number of carbonyl (C=O) groups excluding carboxylic acids is 1. The molecule has 0 aliphatic carbocycles. The van der Waals surface area contributed by atoms with Crippen molar-refractivity contribution in [2.45, 2.75) is 6.54 Å².